The summed E-state index contributed by atoms with van der Waals surface area (Å²) in [6.45, 7) is 3.52. The fourth-order valence-electron chi connectivity index (χ4n) is 2.18. The summed E-state index contributed by atoms with van der Waals surface area (Å²) >= 11 is 0. The maximum atomic E-state index is 11.9. The Morgan fingerprint density at radius 2 is 1.84 bits per heavy atom. The molecule has 1 fully saturated rings. The van der Waals surface area contributed by atoms with Crippen molar-refractivity contribution in [3.05, 3.63) is 40.8 Å². The van der Waals surface area contributed by atoms with Crippen LogP contribution in [0.4, 0.5) is 5.69 Å². The predicted octanol–water partition coefficient (Wildman–Crippen LogP) is 0.800. The Hall–Kier alpha value is -1.56. The summed E-state index contributed by atoms with van der Waals surface area (Å²) in [5.41, 5.74) is 1.08. The smallest absolute Gasteiger partial charge is 0.360 e. The molecule has 0 radical (unpaired) electrons. The van der Waals surface area contributed by atoms with Gasteiger partial charge >= 0.3 is 5.63 Å². The number of hydrogen-bond acceptors (Lipinski definition) is 4. The highest BCUT2D eigenvalue weighted by molar-refractivity contribution is 5.85. The van der Waals surface area contributed by atoms with Gasteiger partial charge in [0.25, 0.3) is 0 Å². The van der Waals surface area contributed by atoms with Gasteiger partial charge in [0, 0.05) is 31.6 Å². The SMILES string of the molecule is Cl.O.O=c1oc2ccccc2cc1N1CCNCC1. The third-order valence-corrected chi connectivity index (χ3v) is 3.08. The molecule has 2 aromatic rings. The lowest BCUT2D eigenvalue weighted by atomic mass is 10.2. The summed E-state index contributed by atoms with van der Waals surface area (Å²) in [5.74, 6) is 0. The first kappa shape index (κ1) is 15.5. The number of nitrogens with zero attached hydrogens (tertiary/aromatic N) is 1. The van der Waals surface area contributed by atoms with Crippen LogP contribution in [0.2, 0.25) is 0 Å². The van der Waals surface area contributed by atoms with Gasteiger partial charge in [-0.25, -0.2) is 4.79 Å². The minimum absolute atomic E-state index is 0. The number of piperazine rings is 1. The van der Waals surface area contributed by atoms with Crippen molar-refractivity contribution in [2.45, 2.75) is 0 Å². The Balaban J connectivity index is 0.000000902. The van der Waals surface area contributed by atoms with E-state index in [0.717, 1.165) is 31.6 Å². The van der Waals surface area contributed by atoms with Gasteiger partial charge in [0.2, 0.25) is 0 Å². The molecule has 3 N–H and O–H groups in total. The fraction of sp³-hybridized carbons (Fsp3) is 0.308. The first-order valence-electron chi connectivity index (χ1n) is 5.83. The van der Waals surface area contributed by atoms with E-state index in [1.807, 2.05) is 30.3 Å². The van der Waals surface area contributed by atoms with E-state index >= 15 is 0 Å². The minimum Gasteiger partial charge on any atom is -0.421 e. The van der Waals surface area contributed by atoms with Gasteiger partial charge in [0.1, 0.15) is 11.3 Å². The van der Waals surface area contributed by atoms with Crippen molar-refractivity contribution in [2.24, 2.45) is 0 Å². The Morgan fingerprint density at radius 3 is 2.58 bits per heavy atom. The molecule has 0 atom stereocenters. The van der Waals surface area contributed by atoms with Crippen molar-refractivity contribution in [3.63, 3.8) is 0 Å². The van der Waals surface area contributed by atoms with Crippen LogP contribution in [0.15, 0.2) is 39.5 Å². The summed E-state index contributed by atoms with van der Waals surface area (Å²) in [5, 5.41) is 4.24. The van der Waals surface area contributed by atoms with Gasteiger partial charge in [0.15, 0.2) is 0 Å². The lowest BCUT2D eigenvalue weighted by Gasteiger charge is -2.28. The molecule has 0 bridgehead atoms. The van der Waals surface area contributed by atoms with Crippen molar-refractivity contribution in [3.8, 4) is 0 Å². The molecule has 5 nitrogen and oxygen atoms in total. The predicted molar refractivity (Wildman–Crippen MR) is 78.4 cm³/mol. The van der Waals surface area contributed by atoms with Gasteiger partial charge in [-0.1, -0.05) is 18.2 Å². The van der Waals surface area contributed by atoms with Crippen LogP contribution in [0, 0.1) is 0 Å². The van der Waals surface area contributed by atoms with Gasteiger partial charge in [0.05, 0.1) is 0 Å². The molecule has 2 heterocycles. The molecule has 1 aliphatic rings. The Morgan fingerprint density at radius 1 is 1.16 bits per heavy atom. The van der Waals surface area contributed by atoms with E-state index in [1.54, 1.807) is 0 Å². The molecule has 0 aliphatic carbocycles. The van der Waals surface area contributed by atoms with Crippen molar-refractivity contribution in [2.75, 3.05) is 31.1 Å². The Bertz CT molecular complexity index is 594. The van der Waals surface area contributed by atoms with E-state index in [-0.39, 0.29) is 23.5 Å². The Kier molecular flexibility index (Phi) is 5.35. The second-order valence-electron chi connectivity index (χ2n) is 4.19. The van der Waals surface area contributed by atoms with Crippen LogP contribution in [0.25, 0.3) is 11.0 Å². The van der Waals surface area contributed by atoms with Gasteiger partial charge in [-0.2, -0.15) is 0 Å². The number of fused-ring (bicyclic) bond motifs is 1. The summed E-state index contributed by atoms with van der Waals surface area (Å²) in [7, 11) is 0. The largest absolute Gasteiger partial charge is 0.421 e. The highest BCUT2D eigenvalue weighted by atomic mass is 35.5. The first-order valence-corrected chi connectivity index (χ1v) is 5.83. The fourth-order valence-corrected chi connectivity index (χ4v) is 2.18. The maximum absolute atomic E-state index is 11.9. The van der Waals surface area contributed by atoms with E-state index in [9.17, 15) is 4.79 Å². The number of halogens is 1. The average molecular weight is 285 g/mol. The molecule has 0 unspecified atom stereocenters. The summed E-state index contributed by atoms with van der Waals surface area (Å²) < 4.78 is 5.33. The minimum atomic E-state index is -0.245. The zero-order valence-electron chi connectivity index (χ0n) is 10.4. The van der Waals surface area contributed by atoms with E-state index in [1.165, 1.54) is 0 Å². The first-order chi connectivity index (χ1) is 8.34. The number of nitrogens with one attached hydrogen (secondary N) is 1. The number of anilines is 1. The third-order valence-electron chi connectivity index (χ3n) is 3.08. The summed E-state index contributed by atoms with van der Waals surface area (Å²) in [4.78, 5) is 14.0. The zero-order chi connectivity index (χ0) is 11.7. The lowest BCUT2D eigenvalue weighted by Crippen LogP contribution is -2.45. The average Bonchev–Trinajstić information content (AvgIpc) is 2.39. The quantitative estimate of drug-likeness (QED) is 0.786. The van der Waals surface area contributed by atoms with Crippen molar-refractivity contribution in [1.29, 1.82) is 0 Å². The lowest BCUT2D eigenvalue weighted by molar-refractivity contribution is 0.541. The normalized spacial score (nSPS) is 14.6. The Labute approximate surface area is 116 Å². The molecule has 1 aromatic carbocycles. The molecule has 1 saturated heterocycles. The highest BCUT2D eigenvalue weighted by Gasteiger charge is 2.15. The van der Waals surface area contributed by atoms with Crippen LogP contribution >= 0.6 is 12.4 Å². The molecule has 1 aromatic heterocycles. The van der Waals surface area contributed by atoms with Crippen LogP contribution in [0.3, 0.4) is 0 Å². The van der Waals surface area contributed by atoms with Crippen LogP contribution in [0.5, 0.6) is 0 Å². The van der Waals surface area contributed by atoms with Gasteiger partial charge in [-0.15, -0.1) is 12.4 Å². The van der Waals surface area contributed by atoms with E-state index < -0.39 is 0 Å². The number of benzene rings is 1. The molecule has 6 heteroatoms. The van der Waals surface area contributed by atoms with E-state index in [2.05, 4.69) is 10.2 Å². The molecule has 0 spiro atoms. The standard InChI is InChI=1S/C13H14N2O2.ClH.H2O/c16-13-11(15-7-5-14-6-8-15)9-10-3-1-2-4-12(10)17-13;;/h1-4,9,14H,5-8H2;1H;1H2. The van der Waals surface area contributed by atoms with Crippen LogP contribution < -0.4 is 15.8 Å². The van der Waals surface area contributed by atoms with E-state index in [4.69, 9.17) is 4.42 Å². The van der Waals surface area contributed by atoms with Crippen LogP contribution in [-0.2, 0) is 0 Å². The van der Waals surface area contributed by atoms with Gasteiger partial charge in [-0.05, 0) is 12.1 Å². The maximum Gasteiger partial charge on any atom is 0.360 e. The molecule has 104 valence electrons. The van der Waals surface area contributed by atoms with Crippen molar-refractivity contribution >= 4 is 29.1 Å². The monoisotopic (exact) mass is 284 g/mol. The van der Waals surface area contributed by atoms with E-state index in [0.29, 0.717) is 11.3 Å². The number of para-hydroxylation sites is 1. The zero-order valence-corrected chi connectivity index (χ0v) is 11.2. The molecule has 3 rings (SSSR count). The highest BCUT2D eigenvalue weighted by Crippen LogP contribution is 2.18. The molecule has 19 heavy (non-hydrogen) atoms. The number of rotatable bonds is 1. The molecule has 1 aliphatic heterocycles. The molecule has 0 saturated carbocycles. The molecular weight excluding hydrogens is 268 g/mol. The summed E-state index contributed by atoms with van der Waals surface area (Å²) in [6.07, 6.45) is 0. The number of hydrogen-bond donors (Lipinski definition) is 1. The second kappa shape index (κ2) is 6.56. The molecule has 0 amide bonds. The third kappa shape index (κ3) is 3.07. The van der Waals surface area contributed by atoms with Crippen molar-refractivity contribution in [1.82, 2.24) is 5.32 Å². The van der Waals surface area contributed by atoms with Gasteiger partial charge < -0.3 is 20.1 Å². The topological polar surface area (TPSA) is 77.0 Å². The van der Waals surface area contributed by atoms with Gasteiger partial charge in [-0.3, -0.25) is 0 Å². The van der Waals surface area contributed by atoms with Crippen LogP contribution in [0.1, 0.15) is 0 Å². The van der Waals surface area contributed by atoms with Crippen LogP contribution in [-0.4, -0.2) is 31.7 Å². The second-order valence-corrected chi connectivity index (χ2v) is 4.19. The molecular formula is C13H17ClN2O3. The summed E-state index contributed by atoms with van der Waals surface area (Å²) in [6, 6.07) is 9.52. The van der Waals surface area contributed by atoms with Crippen molar-refractivity contribution < 1.29 is 9.89 Å².